The molecule has 2 heterocycles. The van der Waals surface area contributed by atoms with Crippen LogP contribution in [0.3, 0.4) is 0 Å². The van der Waals surface area contributed by atoms with Gasteiger partial charge in [0, 0.05) is 0 Å². The molecule has 2 aromatic carbocycles. The molecule has 6 heteroatoms. The van der Waals surface area contributed by atoms with Crippen molar-refractivity contribution in [3.63, 3.8) is 0 Å². The van der Waals surface area contributed by atoms with E-state index in [-0.39, 0.29) is 6.17 Å². The Labute approximate surface area is 159 Å². The molecular formula is C21H26N6. The van der Waals surface area contributed by atoms with Crippen molar-refractivity contribution in [3.8, 4) is 0 Å². The lowest BCUT2D eigenvalue weighted by molar-refractivity contribution is 0.331. The first kappa shape index (κ1) is 17.6. The van der Waals surface area contributed by atoms with Gasteiger partial charge < -0.3 is 0 Å². The highest BCUT2D eigenvalue weighted by Crippen LogP contribution is 2.25. The van der Waals surface area contributed by atoms with Gasteiger partial charge in [-0.2, -0.15) is 0 Å². The van der Waals surface area contributed by atoms with Gasteiger partial charge in [-0.3, -0.25) is 0 Å². The van der Waals surface area contributed by atoms with E-state index >= 15 is 0 Å². The highest BCUT2D eigenvalue weighted by atomic mass is 15.5. The van der Waals surface area contributed by atoms with E-state index in [1.165, 1.54) is 32.1 Å². The molecule has 0 unspecified atom stereocenters. The number of para-hydroxylation sites is 2. The van der Waals surface area contributed by atoms with Gasteiger partial charge in [-0.25, -0.2) is 9.36 Å². The number of hydrogen-bond acceptors (Lipinski definition) is 4. The lowest BCUT2D eigenvalue weighted by Gasteiger charge is -2.18. The number of rotatable bonds is 9. The van der Waals surface area contributed by atoms with Crippen LogP contribution in [0, 0.1) is 0 Å². The molecular weight excluding hydrogens is 336 g/mol. The molecule has 0 fully saturated rings. The second kappa shape index (κ2) is 8.29. The van der Waals surface area contributed by atoms with Gasteiger partial charge in [0.15, 0.2) is 0 Å². The van der Waals surface area contributed by atoms with Crippen molar-refractivity contribution in [3.05, 3.63) is 48.5 Å². The van der Waals surface area contributed by atoms with Gasteiger partial charge in [0.1, 0.15) is 17.2 Å². The minimum Gasteiger partial charge on any atom is -0.220 e. The molecule has 140 valence electrons. The summed E-state index contributed by atoms with van der Waals surface area (Å²) in [6, 6.07) is 16.2. The van der Waals surface area contributed by atoms with E-state index < -0.39 is 0 Å². The van der Waals surface area contributed by atoms with Gasteiger partial charge in [0.25, 0.3) is 0 Å². The maximum Gasteiger partial charge on any atom is 0.148 e. The van der Waals surface area contributed by atoms with Crippen molar-refractivity contribution in [1.82, 2.24) is 30.0 Å². The average molecular weight is 362 g/mol. The van der Waals surface area contributed by atoms with E-state index in [0.29, 0.717) is 0 Å². The number of nitrogens with zero attached hydrogens (tertiary/aromatic N) is 6. The number of unbranched alkanes of at least 4 members (excludes halogenated alkanes) is 5. The van der Waals surface area contributed by atoms with Crippen molar-refractivity contribution in [2.45, 2.75) is 58.0 Å². The SMILES string of the molecule is CCCCCCCCC(n1nnc2ccccc21)n1nnc2ccccc21. The van der Waals surface area contributed by atoms with Crippen molar-refractivity contribution in [2.75, 3.05) is 0 Å². The van der Waals surface area contributed by atoms with E-state index in [4.69, 9.17) is 0 Å². The predicted octanol–water partition coefficient (Wildman–Crippen LogP) is 4.97. The van der Waals surface area contributed by atoms with E-state index in [1.807, 2.05) is 45.8 Å². The fourth-order valence-electron chi connectivity index (χ4n) is 3.67. The zero-order chi connectivity index (χ0) is 18.5. The van der Waals surface area contributed by atoms with Crippen molar-refractivity contribution >= 4 is 22.1 Å². The van der Waals surface area contributed by atoms with E-state index in [2.05, 4.69) is 39.7 Å². The second-order valence-corrected chi connectivity index (χ2v) is 7.08. The number of benzene rings is 2. The fraction of sp³-hybridized carbons (Fsp3) is 0.429. The lowest BCUT2D eigenvalue weighted by atomic mass is 10.1. The number of aromatic nitrogens is 6. The minimum atomic E-state index is -0.0176. The van der Waals surface area contributed by atoms with Crippen LogP contribution in [0.15, 0.2) is 48.5 Å². The Morgan fingerprint density at radius 3 is 1.81 bits per heavy atom. The summed E-state index contributed by atoms with van der Waals surface area (Å²) in [5.41, 5.74) is 3.89. The Balaban J connectivity index is 1.63. The molecule has 4 aromatic rings. The van der Waals surface area contributed by atoms with Crippen LogP contribution in [0.25, 0.3) is 22.1 Å². The maximum atomic E-state index is 4.46. The zero-order valence-electron chi connectivity index (χ0n) is 15.8. The van der Waals surface area contributed by atoms with E-state index in [1.54, 1.807) is 0 Å². The standard InChI is InChI=1S/C21H26N6/c1-2-3-4-5-6-7-16-21(26-19-14-10-8-12-17(19)22-24-26)27-20-15-11-9-13-18(20)23-25-27/h8-15,21H,2-7,16H2,1H3. The molecule has 0 aliphatic rings. The summed E-state index contributed by atoms with van der Waals surface area (Å²) in [6.07, 6.45) is 8.52. The van der Waals surface area contributed by atoms with Crippen molar-refractivity contribution in [2.24, 2.45) is 0 Å². The Morgan fingerprint density at radius 2 is 1.22 bits per heavy atom. The summed E-state index contributed by atoms with van der Waals surface area (Å²) in [5, 5.41) is 17.6. The molecule has 2 aromatic heterocycles. The quantitative estimate of drug-likeness (QED) is 0.394. The minimum absolute atomic E-state index is 0.0176. The van der Waals surface area contributed by atoms with Gasteiger partial charge in [0.2, 0.25) is 0 Å². The maximum absolute atomic E-state index is 4.46. The molecule has 0 N–H and O–H groups in total. The van der Waals surface area contributed by atoms with Crippen LogP contribution in [-0.2, 0) is 0 Å². The topological polar surface area (TPSA) is 61.4 Å². The van der Waals surface area contributed by atoms with Crippen LogP contribution < -0.4 is 0 Å². The Bertz CT molecular complexity index is 928. The molecule has 0 amide bonds. The smallest absolute Gasteiger partial charge is 0.148 e. The van der Waals surface area contributed by atoms with Crippen LogP contribution in [0.4, 0.5) is 0 Å². The van der Waals surface area contributed by atoms with Crippen LogP contribution >= 0.6 is 0 Å². The van der Waals surface area contributed by atoms with Crippen LogP contribution in [0.2, 0.25) is 0 Å². The molecule has 4 rings (SSSR count). The predicted molar refractivity (Wildman–Crippen MR) is 107 cm³/mol. The van der Waals surface area contributed by atoms with Crippen LogP contribution in [0.1, 0.15) is 58.0 Å². The molecule has 0 aliphatic carbocycles. The molecule has 6 nitrogen and oxygen atoms in total. The van der Waals surface area contributed by atoms with Gasteiger partial charge in [-0.1, -0.05) is 73.7 Å². The highest BCUT2D eigenvalue weighted by Gasteiger charge is 2.20. The summed E-state index contributed by atoms with van der Waals surface area (Å²) < 4.78 is 4.00. The third-order valence-corrected chi connectivity index (χ3v) is 5.14. The van der Waals surface area contributed by atoms with Crippen LogP contribution in [-0.4, -0.2) is 30.0 Å². The van der Waals surface area contributed by atoms with E-state index in [0.717, 1.165) is 34.9 Å². The zero-order valence-corrected chi connectivity index (χ0v) is 15.8. The molecule has 0 atom stereocenters. The van der Waals surface area contributed by atoms with Gasteiger partial charge in [0.05, 0.1) is 11.0 Å². The molecule has 0 spiro atoms. The Morgan fingerprint density at radius 1 is 0.704 bits per heavy atom. The summed E-state index contributed by atoms with van der Waals surface area (Å²) in [5.74, 6) is 0. The summed E-state index contributed by atoms with van der Waals surface area (Å²) >= 11 is 0. The molecule has 0 saturated heterocycles. The van der Waals surface area contributed by atoms with Gasteiger partial charge in [-0.05, 0) is 37.1 Å². The number of fused-ring (bicyclic) bond motifs is 2. The average Bonchev–Trinajstić information content (AvgIpc) is 3.32. The van der Waals surface area contributed by atoms with Crippen LogP contribution in [0.5, 0.6) is 0 Å². The summed E-state index contributed by atoms with van der Waals surface area (Å²) in [7, 11) is 0. The lowest BCUT2D eigenvalue weighted by Crippen LogP contribution is -2.21. The monoisotopic (exact) mass is 362 g/mol. The first-order chi connectivity index (χ1) is 13.4. The molecule has 0 bridgehead atoms. The molecule has 27 heavy (non-hydrogen) atoms. The molecule has 0 aliphatic heterocycles. The second-order valence-electron chi connectivity index (χ2n) is 7.08. The molecule has 0 radical (unpaired) electrons. The number of hydrogen-bond donors (Lipinski definition) is 0. The third-order valence-electron chi connectivity index (χ3n) is 5.14. The van der Waals surface area contributed by atoms with Gasteiger partial charge >= 0.3 is 0 Å². The molecule has 0 saturated carbocycles. The first-order valence-electron chi connectivity index (χ1n) is 9.98. The van der Waals surface area contributed by atoms with Gasteiger partial charge in [-0.15, -0.1) is 10.2 Å². The van der Waals surface area contributed by atoms with Crippen molar-refractivity contribution < 1.29 is 0 Å². The summed E-state index contributed by atoms with van der Waals surface area (Å²) in [4.78, 5) is 0. The summed E-state index contributed by atoms with van der Waals surface area (Å²) in [6.45, 7) is 2.25. The Hall–Kier alpha value is -2.76. The van der Waals surface area contributed by atoms with E-state index in [9.17, 15) is 0 Å². The van der Waals surface area contributed by atoms with Crippen molar-refractivity contribution in [1.29, 1.82) is 0 Å². The third kappa shape index (κ3) is 3.70. The normalized spacial score (nSPS) is 11.8. The fourth-order valence-corrected chi connectivity index (χ4v) is 3.67. The largest absolute Gasteiger partial charge is 0.220 e. The highest BCUT2D eigenvalue weighted by molar-refractivity contribution is 5.75. The Kier molecular flexibility index (Phi) is 5.42. The first-order valence-corrected chi connectivity index (χ1v) is 9.98.